The van der Waals surface area contributed by atoms with E-state index in [1.54, 1.807) is 37.4 Å². The van der Waals surface area contributed by atoms with Crippen molar-refractivity contribution in [3.63, 3.8) is 0 Å². The van der Waals surface area contributed by atoms with Gasteiger partial charge in [-0.15, -0.1) is 24.0 Å². The lowest BCUT2D eigenvalue weighted by molar-refractivity contribution is -0.121. The van der Waals surface area contributed by atoms with Gasteiger partial charge in [-0.2, -0.15) is 0 Å². The summed E-state index contributed by atoms with van der Waals surface area (Å²) in [4.78, 5) is 15.8. The SMILES string of the molecule is CN=C(NCCc1ccccc1F)NCC(Cc1ccc(F)cc1)C(N)=O.I. The molecule has 0 saturated carbocycles. The average molecular weight is 502 g/mol. The van der Waals surface area contributed by atoms with Crippen molar-refractivity contribution in [1.82, 2.24) is 10.6 Å². The quantitative estimate of drug-likeness (QED) is 0.295. The van der Waals surface area contributed by atoms with E-state index in [-0.39, 0.29) is 42.2 Å². The van der Waals surface area contributed by atoms with E-state index in [0.717, 1.165) is 5.56 Å². The van der Waals surface area contributed by atoms with Crippen molar-refractivity contribution in [3.8, 4) is 0 Å². The number of hydrogen-bond acceptors (Lipinski definition) is 2. The highest BCUT2D eigenvalue weighted by molar-refractivity contribution is 14.0. The van der Waals surface area contributed by atoms with E-state index in [1.807, 2.05) is 0 Å². The van der Waals surface area contributed by atoms with Crippen LogP contribution in [0.1, 0.15) is 11.1 Å². The van der Waals surface area contributed by atoms with Crippen LogP contribution in [0.3, 0.4) is 0 Å². The fourth-order valence-electron chi connectivity index (χ4n) is 2.64. The second-order valence-corrected chi connectivity index (χ2v) is 6.15. The molecule has 2 aromatic carbocycles. The molecule has 2 aromatic rings. The monoisotopic (exact) mass is 502 g/mol. The minimum absolute atomic E-state index is 0. The summed E-state index contributed by atoms with van der Waals surface area (Å²) in [6.07, 6.45) is 0.900. The Kier molecular flexibility index (Phi) is 10.4. The van der Waals surface area contributed by atoms with Crippen LogP contribution >= 0.6 is 24.0 Å². The Morgan fingerprint density at radius 2 is 1.79 bits per heavy atom. The van der Waals surface area contributed by atoms with E-state index in [2.05, 4.69) is 15.6 Å². The lowest BCUT2D eigenvalue weighted by Crippen LogP contribution is -2.43. The number of benzene rings is 2. The Hall–Kier alpha value is -2.23. The third-order valence-corrected chi connectivity index (χ3v) is 4.18. The summed E-state index contributed by atoms with van der Waals surface area (Å²) in [5.74, 6) is -0.992. The lowest BCUT2D eigenvalue weighted by atomic mass is 9.98. The van der Waals surface area contributed by atoms with E-state index in [1.165, 1.54) is 18.2 Å². The molecule has 2 rings (SSSR count). The molecule has 5 nitrogen and oxygen atoms in total. The molecule has 0 radical (unpaired) electrons. The van der Waals surface area contributed by atoms with Gasteiger partial charge in [0.2, 0.25) is 5.91 Å². The molecule has 0 bridgehead atoms. The zero-order valence-corrected chi connectivity index (χ0v) is 18.0. The topological polar surface area (TPSA) is 79.5 Å². The molecule has 1 unspecified atom stereocenters. The van der Waals surface area contributed by atoms with Crippen LogP contribution in [0.5, 0.6) is 0 Å². The molecule has 0 heterocycles. The van der Waals surface area contributed by atoms with Crippen molar-refractivity contribution in [2.24, 2.45) is 16.6 Å². The van der Waals surface area contributed by atoms with Crippen molar-refractivity contribution in [2.75, 3.05) is 20.1 Å². The van der Waals surface area contributed by atoms with Crippen molar-refractivity contribution in [1.29, 1.82) is 0 Å². The minimum Gasteiger partial charge on any atom is -0.369 e. The molecule has 28 heavy (non-hydrogen) atoms. The third-order valence-electron chi connectivity index (χ3n) is 4.18. The summed E-state index contributed by atoms with van der Waals surface area (Å²) in [5, 5.41) is 6.13. The summed E-state index contributed by atoms with van der Waals surface area (Å²) in [6, 6.07) is 12.6. The fourth-order valence-corrected chi connectivity index (χ4v) is 2.64. The number of aliphatic imine (C=N–C) groups is 1. The number of carbonyl (C=O) groups excluding carboxylic acids is 1. The average Bonchev–Trinajstić information content (AvgIpc) is 2.66. The van der Waals surface area contributed by atoms with Gasteiger partial charge in [-0.05, 0) is 42.2 Å². The van der Waals surface area contributed by atoms with Gasteiger partial charge in [0.1, 0.15) is 11.6 Å². The number of nitrogens with one attached hydrogen (secondary N) is 2. The second-order valence-electron chi connectivity index (χ2n) is 6.15. The van der Waals surface area contributed by atoms with Crippen LogP contribution < -0.4 is 16.4 Å². The minimum atomic E-state index is -0.472. The van der Waals surface area contributed by atoms with Crippen molar-refractivity contribution >= 4 is 35.8 Å². The maximum atomic E-state index is 13.6. The number of rotatable bonds is 8. The molecule has 4 N–H and O–H groups in total. The summed E-state index contributed by atoms with van der Waals surface area (Å²) in [7, 11) is 1.61. The molecule has 0 spiro atoms. The van der Waals surface area contributed by atoms with Gasteiger partial charge in [-0.25, -0.2) is 8.78 Å². The highest BCUT2D eigenvalue weighted by Crippen LogP contribution is 2.10. The Balaban J connectivity index is 0.00000392. The highest BCUT2D eigenvalue weighted by Gasteiger charge is 2.16. The first kappa shape index (κ1) is 23.8. The molecular formula is C20H25F2IN4O. The summed E-state index contributed by atoms with van der Waals surface area (Å²) >= 11 is 0. The van der Waals surface area contributed by atoms with Crippen molar-refractivity contribution < 1.29 is 13.6 Å². The van der Waals surface area contributed by atoms with Gasteiger partial charge < -0.3 is 16.4 Å². The molecule has 152 valence electrons. The highest BCUT2D eigenvalue weighted by atomic mass is 127. The van der Waals surface area contributed by atoms with E-state index >= 15 is 0 Å². The molecule has 0 aliphatic rings. The number of hydrogen-bond donors (Lipinski definition) is 3. The van der Waals surface area contributed by atoms with Gasteiger partial charge in [0.15, 0.2) is 5.96 Å². The van der Waals surface area contributed by atoms with Gasteiger partial charge in [0.25, 0.3) is 0 Å². The van der Waals surface area contributed by atoms with E-state index < -0.39 is 11.8 Å². The smallest absolute Gasteiger partial charge is 0.222 e. The van der Waals surface area contributed by atoms with Gasteiger partial charge in [0.05, 0.1) is 5.92 Å². The number of nitrogens with zero attached hydrogens (tertiary/aromatic N) is 1. The third kappa shape index (κ3) is 7.79. The first-order valence-corrected chi connectivity index (χ1v) is 8.71. The van der Waals surface area contributed by atoms with Crippen LogP contribution in [-0.2, 0) is 17.6 Å². The van der Waals surface area contributed by atoms with E-state index in [4.69, 9.17) is 5.73 Å². The Morgan fingerprint density at radius 1 is 1.11 bits per heavy atom. The summed E-state index contributed by atoms with van der Waals surface area (Å²) in [5.41, 5.74) is 6.92. The van der Waals surface area contributed by atoms with Crippen LogP contribution in [0.15, 0.2) is 53.5 Å². The molecule has 0 saturated heterocycles. The Labute approximate surface area is 180 Å². The fraction of sp³-hybridized carbons (Fsp3) is 0.300. The van der Waals surface area contributed by atoms with Crippen LogP contribution in [0.2, 0.25) is 0 Å². The van der Waals surface area contributed by atoms with Crippen LogP contribution in [0.4, 0.5) is 8.78 Å². The maximum absolute atomic E-state index is 13.6. The van der Waals surface area contributed by atoms with Gasteiger partial charge >= 0.3 is 0 Å². The molecule has 0 aliphatic carbocycles. The first-order valence-electron chi connectivity index (χ1n) is 8.71. The summed E-state index contributed by atoms with van der Waals surface area (Å²) < 4.78 is 26.6. The normalized spacial score (nSPS) is 12.0. The maximum Gasteiger partial charge on any atom is 0.222 e. The predicted molar refractivity (Wildman–Crippen MR) is 118 cm³/mol. The Bertz CT molecular complexity index is 784. The van der Waals surface area contributed by atoms with Crippen molar-refractivity contribution in [3.05, 3.63) is 71.3 Å². The molecule has 8 heteroatoms. The zero-order valence-electron chi connectivity index (χ0n) is 15.6. The number of halogens is 3. The molecule has 0 fully saturated rings. The largest absolute Gasteiger partial charge is 0.369 e. The zero-order chi connectivity index (χ0) is 19.6. The van der Waals surface area contributed by atoms with Gasteiger partial charge in [-0.1, -0.05) is 30.3 Å². The van der Waals surface area contributed by atoms with Crippen LogP contribution in [0.25, 0.3) is 0 Å². The summed E-state index contributed by atoms with van der Waals surface area (Å²) in [6.45, 7) is 0.770. The molecule has 1 atom stereocenters. The van der Waals surface area contributed by atoms with Crippen molar-refractivity contribution in [2.45, 2.75) is 12.8 Å². The number of amides is 1. The number of primary amides is 1. The molecule has 0 aliphatic heterocycles. The number of carbonyl (C=O) groups is 1. The standard InChI is InChI=1S/C20H24F2N4O.HI/c1-24-20(25-11-10-15-4-2-3-5-18(15)22)26-13-16(19(23)27)12-14-6-8-17(21)9-7-14;/h2-9,16H,10-13H2,1H3,(H2,23,27)(H2,24,25,26);1H. The van der Waals surface area contributed by atoms with E-state index in [9.17, 15) is 13.6 Å². The predicted octanol–water partition coefficient (Wildman–Crippen LogP) is 2.63. The van der Waals surface area contributed by atoms with Crippen LogP contribution in [0, 0.1) is 17.6 Å². The lowest BCUT2D eigenvalue weighted by Gasteiger charge is -2.17. The number of nitrogens with two attached hydrogens (primary N) is 1. The second kappa shape index (κ2) is 12.3. The van der Waals surface area contributed by atoms with E-state index in [0.29, 0.717) is 30.9 Å². The van der Waals surface area contributed by atoms with Gasteiger partial charge in [0, 0.05) is 20.1 Å². The first-order chi connectivity index (χ1) is 13.0. The molecule has 1 amide bonds. The van der Waals surface area contributed by atoms with Crippen LogP contribution in [-0.4, -0.2) is 32.0 Å². The van der Waals surface area contributed by atoms with Gasteiger partial charge in [-0.3, -0.25) is 9.79 Å². The molecular weight excluding hydrogens is 477 g/mol. The molecule has 0 aromatic heterocycles. The Morgan fingerprint density at radius 3 is 2.39 bits per heavy atom. The number of guanidine groups is 1.